The molecule has 1 N–H and O–H groups in total. The second-order valence-corrected chi connectivity index (χ2v) is 4.43. The Balaban J connectivity index is 0.00000147. The Morgan fingerprint density at radius 3 is 2.75 bits per heavy atom. The zero-order chi connectivity index (χ0) is 13.1. The fourth-order valence-electron chi connectivity index (χ4n) is 2.17. The number of halogens is 1. The number of nitrogens with one attached hydrogen (secondary N) is 1. The molecule has 0 spiro atoms. The van der Waals surface area contributed by atoms with E-state index in [0.717, 1.165) is 31.9 Å². The fourth-order valence-corrected chi connectivity index (χ4v) is 2.17. The minimum Gasteiger partial charge on any atom is -0.336 e. The van der Waals surface area contributed by atoms with E-state index in [0.29, 0.717) is 5.56 Å². The van der Waals surface area contributed by atoms with Crippen molar-refractivity contribution < 1.29 is 4.79 Å². The Kier molecular flexibility index (Phi) is 4.70. The van der Waals surface area contributed by atoms with Crippen LogP contribution in [-0.2, 0) is 0 Å². The average Bonchev–Trinajstić information content (AvgIpc) is 3.02. The van der Waals surface area contributed by atoms with Gasteiger partial charge in [-0.2, -0.15) is 5.10 Å². The van der Waals surface area contributed by atoms with E-state index >= 15 is 0 Å². The van der Waals surface area contributed by atoms with E-state index in [1.54, 1.807) is 11.0 Å². The summed E-state index contributed by atoms with van der Waals surface area (Å²) in [5.41, 5.74) is 1.54. The first-order valence-corrected chi connectivity index (χ1v) is 6.30. The molecule has 0 bridgehead atoms. The maximum absolute atomic E-state index is 12.4. The SMILES string of the molecule is Cl.O=C(c1cccc(-n2cncn2)c1)N1CCNCC1. The van der Waals surface area contributed by atoms with E-state index in [9.17, 15) is 4.79 Å². The van der Waals surface area contributed by atoms with Gasteiger partial charge in [-0.3, -0.25) is 4.79 Å². The first kappa shape index (κ1) is 14.5. The Morgan fingerprint density at radius 1 is 1.25 bits per heavy atom. The van der Waals surface area contributed by atoms with Crippen molar-refractivity contribution >= 4 is 18.3 Å². The molecule has 3 rings (SSSR count). The number of benzene rings is 1. The molecule has 2 aromatic rings. The largest absolute Gasteiger partial charge is 0.336 e. The number of nitrogens with zero attached hydrogens (tertiary/aromatic N) is 4. The number of hydrogen-bond acceptors (Lipinski definition) is 4. The second kappa shape index (κ2) is 6.49. The van der Waals surface area contributed by atoms with Crippen LogP contribution in [0.4, 0.5) is 0 Å². The first-order chi connectivity index (χ1) is 9.34. The molecule has 0 unspecified atom stereocenters. The van der Waals surface area contributed by atoms with Gasteiger partial charge in [-0.25, -0.2) is 9.67 Å². The Labute approximate surface area is 123 Å². The van der Waals surface area contributed by atoms with Gasteiger partial charge >= 0.3 is 0 Å². The van der Waals surface area contributed by atoms with Crippen LogP contribution in [0.1, 0.15) is 10.4 Å². The summed E-state index contributed by atoms with van der Waals surface area (Å²) in [6, 6.07) is 7.46. The van der Waals surface area contributed by atoms with E-state index in [2.05, 4.69) is 15.4 Å². The van der Waals surface area contributed by atoms with Gasteiger partial charge in [0.2, 0.25) is 0 Å². The summed E-state index contributed by atoms with van der Waals surface area (Å²) < 4.78 is 1.65. The van der Waals surface area contributed by atoms with Crippen LogP contribution in [0.15, 0.2) is 36.9 Å². The van der Waals surface area contributed by atoms with Crippen molar-refractivity contribution in [3.8, 4) is 5.69 Å². The van der Waals surface area contributed by atoms with E-state index in [4.69, 9.17) is 0 Å². The van der Waals surface area contributed by atoms with Crippen molar-refractivity contribution in [3.05, 3.63) is 42.5 Å². The predicted octanol–water partition coefficient (Wildman–Crippen LogP) is 0.734. The molecular formula is C13H16ClN5O. The third kappa shape index (κ3) is 2.97. The van der Waals surface area contributed by atoms with Crippen molar-refractivity contribution in [2.75, 3.05) is 26.2 Å². The second-order valence-electron chi connectivity index (χ2n) is 4.43. The molecule has 1 amide bonds. The molecule has 1 aromatic heterocycles. The van der Waals surface area contributed by atoms with Crippen LogP contribution in [0.25, 0.3) is 5.69 Å². The zero-order valence-corrected chi connectivity index (χ0v) is 11.7. The molecule has 1 aromatic carbocycles. The van der Waals surface area contributed by atoms with Gasteiger partial charge in [-0.1, -0.05) is 6.07 Å². The lowest BCUT2D eigenvalue weighted by Crippen LogP contribution is -2.46. The van der Waals surface area contributed by atoms with Crippen molar-refractivity contribution in [2.45, 2.75) is 0 Å². The average molecular weight is 294 g/mol. The Hall–Kier alpha value is -1.92. The topological polar surface area (TPSA) is 63.1 Å². The van der Waals surface area contributed by atoms with Gasteiger partial charge in [0.15, 0.2) is 0 Å². The lowest BCUT2D eigenvalue weighted by Gasteiger charge is -2.27. The monoisotopic (exact) mass is 293 g/mol. The summed E-state index contributed by atoms with van der Waals surface area (Å²) in [5.74, 6) is 0.0727. The number of hydrogen-bond donors (Lipinski definition) is 1. The highest BCUT2D eigenvalue weighted by molar-refractivity contribution is 5.94. The van der Waals surface area contributed by atoms with Crippen molar-refractivity contribution in [3.63, 3.8) is 0 Å². The molecule has 1 aliphatic heterocycles. The molecule has 0 atom stereocenters. The predicted molar refractivity (Wildman–Crippen MR) is 77.4 cm³/mol. The van der Waals surface area contributed by atoms with Gasteiger partial charge in [0.1, 0.15) is 12.7 Å². The number of piperazine rings is 1. The lowest BCUT2D eigenvalue weighted by molar-refractivity contribution is 0.0736. The first-order valence-electron chi connectivity index (χ1n) is 6.30. The minimum atomic E-state index is 0. The normalized spacial score (nSPS) is 14.7. The van der Waals surface area contributed by atoms with Crippen LogP contribution in [-0.4, -0.2) is 51.8 Å². The highest BCUT2D eigenvalue weighted by Gasteiger charge is 2.18. The third-order valence-corrected chi connectivity index (χ3v) is 3.18. The van der Waals surface area contributed by atoms with Gasteiger partial charge in [0.05, 0.1) is 5.69 Å². The van der Waals surface area contributed by atoms with Gasteiger partial charge in [0, 0.05) is 31.7 Å². The zero-order valence-electron chi connectivity index (χ0n) is 10.9. The highest BCUT2D eigenvalue weighted by atomic mass is 35.5. The van der Waals surface area contributed by atoms with E-state index in [1.807, 2.05) is 29.2 Å². The molecular weight excluding hydrogens is 278 g/mol. The maximum atomic E-state index is 12.4. The van der Waals surface area contributed by atoms with Crippen molar-refractivity contribution in [1.82, 2.24) is 25.0 Å². The number of rotatable bonds is 2. The highest BCUT2D eigenvalue weighted by Crippen LogP contribution is 2.11. The molecule has 0 aliphatic carbocycles. The summed E-state index contributed by atoms with van der Waals surface area (Å²) in [6.07, 6.45) is 3.10. The summed E-state index contributed by atoms with van der Waals surface area (Å²) in [4.78, 5) is 18.2. The fraction of sp³-hybridized carbons (Fsp3) is 0.308. The standard InChI is InChI=1S/C13H15N5O.ClH/c19-13(17-6-4-14-5-7-17)11-2-1-3-12(8-11)18-10-15-9-16-18;/h1-3,8-10,14H,4-7H2;1H. The van der Waals surface area contributed by atoms with Crippen LogP contribution in [0.2, 0.25) is 0 Å². The molecule has 1 fully saturated rings. The van der Waals surface area contributed by atoms with E-state index in [-0.39, 0.29) is 18.3 Å². The Morgan fingerprint density at radius 2 is 2.05 bits per heavy atom. The summed E-state index contributed by atoms with van der Waals surface area (Å²) >= 11 is 0. The van der Waals surface area contributed by atoms with Crippen LogP contribution < -0.4 is 5.32 Å². The van der Waals surface area contributed by atoms with E-state index in [1.165, 1.54) is 6.33 Å². The van der Waals surface area contributed by atoms with Crippen LogP contribution >= 0.6 is 12.4 Å². The summed E-state index contributed by atoms with van der Waals surface area (Å²) in [7, 11) is 0. The molecule has 0 saturated carbocycles. The molecule has 7 heteroatoms. The number of carbonyl (C=O) groups excluding carboxylic acids is 1. The molecule has 2 heterocycles. The van der Waals surface area contributed by atoms with Crippen LogP contribution in [0.5, 0.6) is 0 Å². The Bertz CT molecular complexity index is 566. The van der Waals surface area contributed by atoms with Crippen LogP contribution in [0, 0.1) is 0 Å². The molecule has 0 radical (unpaired) electrons. The van der Waals surface area contributed by atoms with Gasteiger partial charge in [-0.15, -0.1) is 12.4 Å². The third-order valence-electron chi connectivity index (χ3n) is 3.18. The number of aromatic nitrogens is 3. The molecule has 106 valence electrons. The minimum absolute atomic E-state index is 0. The molecule has 6 nitrogen and oxygen atoms in total. The summed E-state index contributed by atoms with van der Waals surface area (Å²) in [6.45, 7) is 3.22. The van der Waals surface area contributed by atoms with Crippen molar-refractivity contribution in [2.24, 2.45) is 0 Å². The summed E-state index contributed by atoms with van der Waals surface area (Å²) in [5, 5.41) is 7.31. The van der Waals surface area contributed by atoms with Gasteiger partial charge in [-0.05, 0) is 18.2 Å². The van der Waals surface area contributed by atoms with Gasteiger partial charge in [0.25, 0.3) is 5.91 Å². The quantitative estimate of drug-likeness (QED) is 0.887. The lowest BCUT2D eigenvalue weighted by atomic mass is 10.1. The smallest absolute Gasteiger partial charge is 0.254 e. The van der Waals surface area contributed by atoms with E-state index < -0.39 is 0 Å². The number of amides is 1. The van der Waals surface area contributed by atoms with Crippen molar-refractivity contribution in [1.29, 1.82) is 0 Å². The maximum Gasteiger partial charge on any atom is 0.254 e. The van der Waals surface area contributed by atoms with Gasteiger partial charge < -0.3 is 10.2 Å². The molecule has 20 heavy (non-hydrogen) atoms. The molecule has 1 saturated heterocycles. The van der Waals surface area contributed by atoms with Crippen LogP contribution in [0.3, 0.4) is 0 Å². The number of carbonyl (C=O) groups is 1. The molecule has 1 aliphatic rings.